The normalized spacial score (nSPS) is 17.5. The predicted molar refractivity (Wildman–Crippen MR) is 122 cm³/mol. The monoisotopic (exact) mass is 432 g/mol. The molecule has 0 bridgehead atoms. The molecule has 4 rings (SSSR count). The van der Waals surface area contributed by atoms with E-state index in [2.05, 4.69) is 75.2 Å². The minimum atomic E-state index is -0.0187. The highest BCUT2D eigenvalue weighted by molar-refractivity contribution is 5.60. The average Bonchev–Trinajstić information content (AvgIpc) is 3.12. The lowest BCUT2D eigenvalue weighted by atomic mass is 9.79. The lowest BCUT2D eigenvalue weighted by molar-refractivity contribution is 0.170. The number of tetrazole rings is 1. The molecule has 1 fully saturated rings. The molecular weight excluding hydrogens is 404 g/mol. The summed E-state index contributed by atoms with van der Waals surface area (Å²) in [6, 6.07) is 10.0. The summed E-state index contributed by atoms with van der Waals surface area (Å²) < 4.78 is 1.65. The number of benzene rings is 1. The van der Waals surface area contributed by atoms with E-state index in [1.54, 1.807) is 10.9 Å². The van der Waals surface area contributed by atoms with E-state index in [9.17, 15) is 5.26 Å². The highest BCUT2D eigenvalue weighted by Gasteiger charge is 2.38. The Morgan fingerprint density at radius 3 is 2.59 bits per heavy atom. The van der Waals surface area contributed by atoms with Crippen LogP contribution >= 0.6 is 0 Å². The van der Waals surface area contributed by atoms with Crippen LogP contribution in [-0.2, 0) is 0 Å². The van der Waals surface area contributed by atoms with Crippen molar-refractivity contribution in [2.45, 2.75) is 64.6 Å². The van der Waals surface area contributed by atoms with Crippen molar-refractivity contribution in [1.29, 1.82) is 5.26 Å². The van der Waals surface area contributed by atoms with Gasteiger partial charge in [-0.2, -0.15) is 14.9 Å². The highest BCUT2D eigenvalue weighted by Crippen LogP contribution is 2.31. The fourth-order valence-corrected chi connectivity index (χ4v) is 4.57. The van der Waals surface area contributed by atoms with Crippen LogP contribution in [-0.4, -0.2) is 47.3 Å². The molecule has 0 radical (unpaired) electrons. The molecule has 1 saturated heterocycles. The fourth-order valence-electron chi connectivity index (χ4n) is 4.57. The van der Waals surface area contributed by atoms with E-state index >= 15 is 0 Å². The van der Waals surface area contributed by atoms with Crippen LogP contribution in [0.3, 0.4) is 0 Å². The van der Waals surface area contributed by atoms with Gasteiger partial charge in [0.1, 0.15) is 17.5 Å². The molecule has 3 aromatic rings. The van der Waals surface area contributed by atoms with E-state index < -0.39 is 0 Å². The van der Waals surface area contributed by atoms with Crippen molar-refractivity contribution in [1.82, 2.24) is 35.5 Å². The number of hydrogen-bond acceptors (Lipinski definition) is 9. The molecular formula is C22H28N10. The summed E-state index contributed by atoms with van der Waals surface area (Å²) in [6.45, 7) is 10.6. The van der Waals surface area contributed by atoms with Crippen molar-refractivity contribution in [3.63, 3.8) is 0 Å². The van der Waals surface area contributed by atoms with Crippen molar-refractivity contribution in [2.75, 3.05) is 10.6 Å². The molecule has 3 heterocycles. The summed E-state index contributed by atoms with van der Waals surface area (Å²) in [4.78, 5) is 8.94. The van der Waals surface area contributed by atoms with Gasteiger partial charge in [0, 0.05) is 22.8 Å². The molecule has 1 aromatic carbocycles. The lowest BCUT2D eigenvalue weighted by Crippen LogP contribution is -2.60. The number of rotatable bonds is 5. The summed E-state index contributed by atoms with van der Waals surface area (Å²) in [5.41, 5.74) is 1.99. The molecule has 0 amide bonds. The zero-order chi connectivity index (χ0) is 22.9. The number of anilines is 3. The van der Waals surface area contributed by atoms with E-state index in [1.165, 1.54) is 0 Å². The van der Waals surface area contributed by atoms with E-state index in [0.717, 1.165) is 24.2 Å². The van der Waals surface area contributed by atoms with Gasteiger partial charge in [0.2, 0.25) is 5.95 Å². The first-order chi connectivity index (χ1) is 15.1. The fraction of sp³-hybridized carbons (Fsp3) is 0.455. The zero-order valence-corrected chi connectivity index (χ0v) is 19.0. The van der Waals surface area contributed by atoms with Gasteiger partial charge in [-0.1, -0.05) is 6.07 Å². The van der Waals surface area contributed by atoms with E-state index in [-0.39, 0.29) is 17.1 Å². The van der Waals surface area contributed by atoms with Crippen molar-refractivity contribution >= 4 is 17.5 Å². The highest BCUT2D eigenvalue weighted by atomic mass is 15.5. The third-order valence-electron chi connectivity index (χ3n) is 5.41. The summed E-state index contributed by atoms with van der Waals surface area (Å²) in [6.07, 6.45) is 3.38. The second-order valence-electron chi connectivity index (χ2n) is 9.52. The van der Waals surface area contributed by atoms with E-state index in [1.807, 2.05) is 31.2 Å². The number of nitriles is 1. The zero-order valence-electron chi connectivity index (χ0n) is 19.0. The second kappa shape index (κ2) is 8.16. The Morgan fingerprint density at radius 2 is 1.94 bits per heavy atom. The predicted octanol–water partition coefficient (Wildman–Crippen LogP) is 3.10. The quantitative estimate of drug-likeness (QED) is 0.557. The second-order valence-corrected chi connectivity index (χ2v) is 9.52. The number of aromatic nitrogens is 6. The lowest BCUT2D eigenvalue weighted by Gasteiger charge is -2.46. The molecule has 10 heteroatoms. The minimum absolute atomic E-state index is 0.0187. The van der Waals surface area contributed by atoms with Crippen LogP contribution in [0.15, 0.2) is 30.5 Å². The maximum Gasteiger partial charge on any atom is 0.229 e. The van der Waals surface area contributed by atoms with Crippen molar-refractivity contribution < 1.29 is 0 Å². The third kappa shape index (κ3) is 4.84. The number of aryl methyl sites for hydroxylation is 1. The minimum Gasteiger partial charge on any atom is -0.366 e. The Bertz CT molecular complexity index is 1140. The number of nitrogens with zero attached hydrogens (tertiary/aromatic N) is 7. The van der Waals surface area contributed by atoms with Crippen molar-refractivity contribution in [2.24, 2.45) is 0 Å². The van der Waals surface area contributed by atoms with Gasteiger partial charge in [-0.25, -0.2) is 4.98 Å². The number of piperidine rings is 1. The molecule has 32 heavy (non-hydrogen) atoms. The molecule has 1 aliphatic rings. The van der Waals surface area contributed by atoms with Gasteiger partial charge in [-0.05, 0) is 76.1 Å². The van der Waals surface area contributed by atoms with Crippen LogP contribution in [0.4, 0.5) is 17.5 Å². The smallest absolute Gasteiger partial charge is 0.229 e. The van der Waals surface area contributed by atoms with Gasteiger partial charge in [-0.3, -0.25) is 0 Å². The Morgan fingerprint density at radius 1 is 1.19 bits per heavy atom. The van der Waals surface area contributed by atoms with Gasteiger partial charge < -0.3 is 16.0 Å². The Kier molecular flexibility index (Phi) is 5.52. The van der Waals surface area contributed by atoms with Crippen molar-refractivity contribution in [3.05, 3.63) is 41.9 Å². The van der Waals surface area contributed by atoms with Crippen LogP contribution in [0.2, 0.25) is 0 Å². The van der Waals surface area contributed by atoms with Crippen LogP contribution in [0.5, 0.6) is 0 Å². The third-order valence-corrected chi connectivity index (χ3v) is 5.41. The topological polar surface area (TPSA) is 129 Å². The molecule has 10 nitrogen and oxygen atoms in total. The van der Waals surface area contributed by atoms with Gasteiger partial charge >= 0.3 is 0 Å². The maximum atomic E-state index is 9.58. The van der Waals surface area contributed by atoms with Crippen molar-refractivity contribution in [3.8, 4) is 11.8 Å². The summed E-state index contributed by atoms with van der Waals surface area (Å²) >= 11 is 0. The SMILES string of the molecule is Cc1nnnn1-c1cccc(Nc2ncc(C#N)c(NC3CC(C)(C)NC(C)(C)C3)n2)c1. The molecule has 2 aromatic heterocycles. The molecule has 0 saturated carbocycles. The van der Waals surface area contributed by atoms with Gasteiger partial charge in [0.05, 0.1) is 11.9 Å². The average molecular weight is 433 g/mol. The first kappa shape index (κ1) is 21.6. The maximum absolute atomic E-state index is 9.58. The Balaban J connectivity index is 1.57. The van der Waals surface area contributed by atoms with E-state index in [4.69, 9.17) is 0 Å². The van der Waals surface area contributed by atoms with Crippen LogP contribution < -0.4 is 16.0 Å². The molecule has 0 atom stereocenters. The molecule has 1 aliphatic heterocycles. The number of nitrogens with one attached hydrogen (secondary N) is 3. The first-order valence-corrected chi connectivity index (χ1v) is 10.6. The Labute approximate surface area is 187 Å². The molecule has 0 unspecified atom stereocenters. The van der Waals surface area contributed by atoms with Crippen LogP contribution in [0.1, 0.15) is 51.9 Å². The molecule has 166 valence electrons. The van der Waals surface area contributed by atoms with Gasteiger partial charge in [0.15, 0.2) is 5.82 Å². The summed E-state index contributed by atoms with van der Waals surface area (Å²) in [7, 11) is 0. The summed E-state index contributed by atoms with van der Waals surface area (Å²) in [5, 5.41) is 31.6. The standard InChI is InChI=1S/C22H28N10/c1-14-28-30-31-32(14)18-8-6-7-16(9-18)26-20-24-13-15(12-23)19(27-20)25-17-10-21(2,3)29-22(4,5)11-17/h6-9,13,17,29H,10-11H2,1-5H3,(H2,24,25,26,27). The Hall–Kier alpha value is -3.58. The van der Waals surface area contributed by atoms with Crippen LogP contribution in [0.25, 0.3) is 5.69 Å². The molecule has 0 spiro atoms. The largest absolute Gasteiger partial charge is 0.366 e. The molecule has 3 N–H and O–H groups in total. The molecule has 0 aliphatic carbocycles. The van der Waals surface area contributed by atoms with Gasteiger partial charge in [0.25, 0.3) is 0 Å². The summed E-state index contributed by atoms with van der Waals surface area (Å²) in [5.74, 6) is 1.64. The number of hydrogen-bond donors (Lipinski definition) is 3. The van der Waals surface area contributed by atoms with Crippen LogP contribution in [0, 0.1) is 18.3 Å². The first-order valence-electron chi connectivity index (χ1n) is 10.6. The van der Waals surface area contributed by atoms with E-state index in [0.29, 0.717) is 23.2 Å². The van der Waals surface area contributed by atoms with Gasteiger partial charge in [-0.15, -0.1) is 5.10 Å².